The molecule has 3 N–H and O–H groups in total. The number of unbranched alkanes of at least 4 members (excludes halogenated alkanes) is 1. The summed E-state index contributed by atoms with van der Waals surface area (Å²) in [7, 11) is 0. The summed E-state index contributed by atoms with van der Waals surface area (Å²) in [5, 5.41) is 10.2. The molecule has 0 unspecified atom stereocenters. The van der Waals surface area contributed by atoms with Crippen LogP contribution in [0.25, 0.3) is 0 Å². The Labute approximate surface area is 172 Å². The van der Waals surface area contributed by atoms with Crippen molar-refractivity contribution in [2.45, 2.75) is 37.4 Å². The predicted octanol–water partition coefficient (Wildman–Crippen LogP) is 3.29. The zero-order chi connectivity index (χ0) is 20.4. The molecule has 0 saturated carbocycles. The lowest BCUT2D eigenvalue weighted by atomic mass is 10.2. The lowest BCUT2D eigenvalue weighted by molar-refractivity contribution is -0.120. The second-order valence-electron chi connectivity index (χ2n) is 6.08. The number of anilines is 2. The molecule has 0 aliphatic rings. The Bertz CT molecular complexity index is 823. The third kappa shape index (κ3) is 8.10. The van der Waals surface area contributed by atoms with Crippen LogP contribution in [0.4, 0.5) is 11.4 Å². The molecule has 1 aromatic carbocycles. The average Bonchev–Trinajstić information content (AvgIpc) is 3.07. The van der Waals surface area contributed by atoms with Crippen LogP contribution in [0.15, 0.2) is 34.0 Å². The first-order chi connectivity index (χ1) is 13.5. The van der Waals surface area contributed by atoms with Crippen molar-refractivity contribution >= 4 is 52.2 Å². The Hall–Kier alpha value is -2.39. The fourth-order valence-electron chi connectivity index (χ4n) is 2.27. The Morgan fingerprint density at radius 1 is 1.14 bits per heavy atom. The molecule has 2 rings (SSSR count). The number of carbonyl (C=O) groups is 3. The Morgan fingerprint density at radius 3 is 2.61 bits per heavy atom. The van der Waals surface area contributed by atoms with E-state index in [0.29, 0.717) is 23.6 Å². The Morgan fingerprint density at radius 2 is 1.89 bits per heavy atom. The van der Waals surface area contributed by atoms with Crippen molar-refractivity contribution in [2.24, 2.45) is 0 Å². The highest BCUT2D eigenvalue weighted by molar-refractivity contribution is 8.01. The van der Waals surface area contributed by atoms with Gasteiger partial charge in [0.15, 0.2) is 4.34 Å². The Kier molecular flexibility index (Phi) is 8.96. The number of carbonyl (C=O) groups excluding carboxylic acids is 3. The summed E-state index contributed by atoms with van der Waals surface area (Å²) in [6, 6.07) is 6.96. The van der Waals surface area contributed by atoms with Gasteiger partial charge in [-0.05, 0) is 24.6 Å². The Balaban J connectivity index is 1.78. The number of nitrogens with one attached hydrogen (secondary N) is 3. The molecule has 0 radical (unpaired) electrons. The van der Waals surface area contributed by atoms with Crippen LogP contribution in [0, 0.1) is 0 Å². The van der Waals surface area contributed by atoms with Crippen LogP contribution in [-0.4, -0.2) is 35.0 Å². The van der Waals surface area contributed by atoms with E-state index < -0.39 is 0 Å². The number of hydrogen-bond donors (Lipinski definition) is 3. The predicted molar refractivity (Wildman–Crippen MR) is 114 cm³/mol. The first-order valence-corrected chi connectivity index (χ1v) is 10.8. The number of thioether (sulfide) groups is 1. The minimum atomic E-state index is -0.169. The van der Waals surface area contributed by atoms with Crippen molar-refractivity contribution in [1.29, 1.82) is 0 Å². The highest BCUT2D eigenvalue weighted by Gasteiger charge is 2.10. The van der Waals surface area contributed by atoms with Crippen LogP contribution in [0.5, 0.6) is 0 Å². The zero-order valence-corrected chi connectivity index (χ0v) is 17.5. The highest BCUT2D eigenvalue weighted by Crippen LogP contribution is 2.23. The maximum atomic E-state index is 12.1. The largest absolute Gasteiger partial charge is 0.356 e. The number of benzene rings is 1. The lowest BCUT2D eigenvalue weighted by Gasteiger charge is -2.07. The fraction of sp³-hybridized carbons (Fsp3) is 0.368. The van der Waals surface area contributed by atoms with Gasteiger partial charge in [0.1, 0.15) is 0 Å². The van der Waals surface area contributed by atoms with Gasteiger partial charge in [0.05, 0.1) is 17.9 Å². The number of rotatable bonds is 10. The molecule has 1 aromatic heterocycles. The molecule has 0 aliphatic carbocycles. The van der Waals surface area contributed by atoms with Gasteiger partial charge in [-0.25, -0.2) is 4.98 Å². The zero-order valence-electron chi connectivity index (χ0n) is 15.9. The standard InChI is InChI=1S/C19H24N4O3S2/c1-3-4-8-20-17(25)10-16-11-27-19(23-16)28-12-18(26)22-15-7-5-6-14(9-15)21-13(2)24/h5-7,9,11H,3-4,8,10,12H2,1-2H3,(H,20,25)(H,21,24)(H,22,26). The van der Waals surface area contributed by atoms with Crippen molar-refractivity contribution < 1.29 is 14.4 Å². The topological polar surface area (TPSA) is 100 Å². The normalized spacial score (nSPS) is 10.4. The number of nitrogens with zero attached hydrogens (tertiary/aromatic N) is 1. The van der Waals surface area contributed by atoms with Gasteiger partial charge in [0.25, 0.3) is 0 Å². The molecule has 0 spiro atoms. The maximum absolute atomic E-state index is 12.1. The van der Waals surface area contributed by atoms with E-state index in [9.17, 15) is 14.4 Å². The molecule has 0 fully saturated rings. The molecule has 1 heterocycles. The van der Waals surface area contributed by atoms with Crippen molar-refractivity contribution in [1.82, 2.24) is 10.3 Å². The van der Waals surface area contributed by atoms with Crippen LogP contribution in [0.2, 0.25) is 0 Å². The van der Waals surface area contributed by atoms with E-state index >= 15 is 0 Å². The molecule has 0 atom stereocenters. The second-order valence-corrected chi connectivity index (χ2v) is 8.16. The van der Waals surface area contributed by atoms with Gasteiger partial charge in [-0.3, -0.25) is 14.4 Å². The molecule has 2 aromatic rings. The molecule has 28 heavy (non-hydrogen) atoms. The maximum Gasteiger partial charge on any atom is 0.234 e. The number of aromatic nitrogens is 1. The SMILES string of the molecule is CCCCNC(=O)Cc1csc(SCC(=O)Nc2cccc(NC(C)=O)c2)n1. The van der Waals surface area contributed by atoms with Crippen LogP contribution in [-0.2, 0) is 20.8 Å². The van der Waals surface area contributed by atoms with E-state index in [0.717, 1.165) is 17.2 Å². The molecule has 0 aliphatic heterocycles. The minimum Gasteiger partial charge on any atom is -0.356 e. The summed E-state index contributed by atoms with van der Waals surface area (Å²) in [6.07, 6.45) is 2.26. The van der Waals surface area contributed by atoms with Crippen molar-refractivity contribution in [3.05, 3.63) is 35.3 Å². The quantitative estimate of drug-likeness (QED) is 0.404. The molecular formula is C19H24N4O3S2. The monoisotopic (exact) mass is 420 g/mol. The number of amides is 3. The van der Waals surface area contributed by atoms with E-state index in [1.807, 2.05) is 5.38 Å². The van der Waals surface area contributed by atoms with Gasteiger partial charge in [-0.1, -0.05) is 31.2 Å². The van der Waals surface area contributed by atoms with Gasteiger partial charge in [-0.15, -0.1) is 11.3 Å². The van der Waals surface area contributed by atoms with E-state index in [2.05, 4.69) is 27.9 Å². The summed E-state index contributed by atoms with van der Waals surface area (Å²) < 4.78 is 0.749. The minimum absolute atomic E-state index is 0.0351. The molecule has 7 nitrogen and oxygen atoms in total. The second kappa shape index (κ2) is 11.5. The van der Waals surface area contributed by atoms with Gasteiger partial charge in [0.2, 0.25) is 17.7 Å². The molecule has 3 amide bonds. The van der Waals surface area contributed by atoms with Crippen molar-refractivity contribution in [3.8, 4) is 0 Å². The lowest BCUT2D eigenvalue weighted by Crippen LogP contribution is -2.26. The van der Waals surface area contributed by atoms with Crippen molar-refractivity contribution in [2.75, 3.05) is 22.9 Å². The number of thiazole rings is 1. The molecule has 150 valence electrons. The third-order valence-electron chi connectivity index (χ3n) is 3.52. The summed E-state index contributed by atoms with van der Waals surface area (Å²) in [4.78, 5) is 39.5. The third-order valence-corrected chi connectivity index (χ3v) is 5.59. The summed E-state index contributed by atoms with van der Waals surface area (Å²) in [5.41, 5.74) is 1.95. The van der Waals surface area contributed by atoms with Crippen LogP contribution < -0.4 is 16.0 Å². The van der Waals surface area contributed by atoms with Gasteiger partial charge >= 0.3 is 0 Å². The van der Waals surface area contributed by atoms with Crippen LogP contribution >= 0.6 is 23.1 Å². The first kappa shape index (κ1) is 21.9. The van der Waals surface area contributed by atoms with Gasteiger partial charge in [0, 0.05) is 30.2 Å². The summed E-state index contributed by atoms with van der Waals surface area (Å²) >= 11 is 2.75. The van der Waals surface area contributed by atoms with E-state index in [-0.39, 0.29) is 29.9 Å². The summed E-state index contributed by atoms with van der Waals surface area (Å²) in [5.74, 6) is -0.163. The number of hydrogen-bond acceptors (Lipinski definition) is 6. The molecule has 0 saturated heterocycles. The van der Waals surface area contributed by atoms with E-state index in [4.69, 9.17) is 0 Å². The first-order valence-electron chi connectivity index (χ1n) is 8.97. The van der Waals surface area contributed by atoms with Gasteiger partial charge in [-0.2, -0.15) is 0 Å². The average molecular weight is 421 g/mol. The van der Waals surface area contributed by atoms with Gasteiger partial charge < -0.3 is 16.0 Å². The molecule has 0 bridgehead atoms. The molecular weight excluding hydrogens is 396 g/mol. The van der Waals surface area contributed by atoms with Crippen molar-refractivity contribution in [3.63, 3.8) is 0 Å². The van der Waals surface area contributed by atoms with E-state index in [1.165, 1.54) is 30.0 Å². The molecule has 9 heteroatoms. The smallest absolute Gasteiger partial charge is 0.234 e. The van der Waals surface area contributed by atoms with E-state index in [1.54, 1.807) is 24.3 Å². The van der Waals surface area contributed by atoms with Crippen LogP contribution in [0.1, 0.15) is 32.4 Å². The van der Waals surface area contributed by atoms with Crippen LogP contribution in [0.3, 0.4) is 0 Å². The highest BCUT2D eigenvalue weighted by atomic mass is 32.2. The summed E-state index contributed by atoms with van der Waals surface area (Å²) in [6.45, 7) is 4.19. The fourth-order valence-corrected chi connectivity index (χ4v) is 3.91.